The van der Waals surface area contributed by atoms with Gasteiger partial charge in [-0.15, -0.1) is 0 Å². The molecule has 4 atom stereocenters. The number of nitrogens with zero attached hydrogens (tertiary/aromatic N) is 6. The van der Waals surface area contributed by atoms with Crippen LogP contribution in [0.4, 0.5) is 33.6 Å². The summed E-state index contributed by atoms with van der Waals surface area (Å²) in [6, 6.07) is 0.949. The van der Waals surface area contributed by atoms with Crippen LogP contribution in [0.15, 0.2) is 12.3 Å². The van der Waals surface area contributed by atoms with Gasteiger partial charge in [0, 0.05) is 32.3 Å². The number of ether oxygens (including phenoxy) is 2. The standard InChI is InChI=1S/C28H30F5N7O2/c1-14-7-19(34)36-23(20(14)28(31,32)33)24-21(30)22-18(9-35-24)25(39-11-16-3-4-17(12-39)42-16)38-26(37-22)41-13-27-5-2-6-40(27)10-15(29)8-27/h7,9,15-17H,2-6,8,10-13H2,1H3,(H2,34,36)/t15-,16?,17?,27+/m1/s1. The van der Waals surface area contributed by atoms with Crippen LogP contribution in [-0.4, -0.2) is 81.5 Å². The topological polar surface area (TPSA) is 103 Å². The lowest BCUT2D eigenvalue weighted by Gasteiger charge is -2.34. The monoisotopic (exact) mass is 591 g/mol. The minimum Gasteiger partial charge on any atom is -0.461 e. The lowest BCUT2D eigenvalue weighted by Crippen LogP contribution is -2.44. The van der Waals surface area contributed by atoms with E-state index in [-0.39, 0.29) is 47.1 Å². The first-order chi connectivity index (χ1) is 20.0. The first kappa shape index (κ1) is 27.4. The van der Waals surface area contributed by atoms with Gasteiger partial charge in [0.2, 0.25) is 0 Å². The van der Waals surface area contributed by atoms with Gasteiger partial charge < -0.3 is 20.1 Å². The summed E-state index contributed by atoms with van der Waals surface area (Å²) in [6.07, 6.45) is -0.808. The molecule has 3 aromatic heterocycles. The Morgan fingerprint density at radius 2 is 1.88 bits per heavy atom. The molecule has 0 saturated carbocycles. The lowest BCUT2D eigenvalue weighted by molar-refractivity contribution is -0.137. The molecule has 7 heterocycles. The maximum Gasteiger partial charge on any atom is 0.418 e. The highest BCUT2D eigenvalue weighted by atomic mass is 19.4. The lowest BCUT2D eigenvalue weighted by atomic mass is 9.95. The molecule has 3 aromatic rings. The Labute approximate surface area is 238 Å². The van der Waals surface area contributed by atoms with Crippen LogP contribution in [-0.2, 0) is 10.9 Å². The third kappa shape index (κ3) is 4.59. The molecule has 0 aromatic carbocycles. The zero-order valence-corrected chi connectivity index (χ0v) is 22.9. The van der Waals surface area contributed by atoms with Crippen molar-refractivity contribution in [1.82, 2.24) is 24.8 Å². The summed E-state index contributed by atoms with van der Waals surface area (Å²) < 4.78 is 84.9. The van der Waals surface area contributed by atoms with Crippen LogP contribution in [0, 0.1) is 12.7 Å². The summed E-state index contributed by atoms with van der Waals surface area (Å²) in [6.45, 7) is 3.45. The maximum absolute atomic E-state index is 16.3. The average Bonchev–Trinajstić information content (AvgIpc) is 3.56. The Morgan fingerprint density at radius 3 is 2.62 bits per heavy atom. The SMILES string of the molecule is Cc1cc(N)nc(-c2ncc3c(N4CC5CCC(C4)O5)nc(OC[C@@]45CCCN4C[C@H](F)C5)nc3c2F)c1C(F)(F)F. The van der Waals surface area contributed by atoms with E-state index in [4.69, 9.17) is 15.2 Å². The van der Waals surface area contributed by atoms with Crippen molar-refractivity contribution in [2.75, 3.05) is 43.4 Å². The largest absolute Gasteiger partial charge is 0.461 e. The number of nitrogens with two attached hydrogens (primary N) is 1. The summed E-state index contributed by atoms with van der Waals surface area (Å²) in [5.41, 5.74) is 2.36. The third-order valence-corrected chi connectivity index (χ3v) is 8.96. The van der Waals surface area contributed by atoms with Gasteiger partial charge in [0.1, 0.15) is 41.3 Å². The molecular weight excluding hydrogens is 561 g/mol. The van der Waals surface area contributed by atoms with E-state index in [1.165, 1.54) is 13.1 Å². The zero-order chi connectivity index (χ0) is 29.4. The minimum absolute atomic E-state index is 0.0186. The molecule has 0 aliphatic carbocycles. The normalized spacial score (nSPS) is 27.7. The number of aryl methyl sites for hydroxylation is 1. The van der Waals surface area contributed by atoms with Gasteiger partial charge in [-0.25, -0.2) is 13.8 Å². The highest BCUT2D eigenvalue weighted by molar-refractivity contribution is 5.92. The van der Waals surface area contributed by atoms with Crippen molar-refractivity contribution in [3.63, 3.8) is 0 Å². The van der Waals surface area contributed by atoms with Crippen LogP contribution in [0.1, 0.15) is 43.2 Å². The summed E-state index contributed by atoms with van der Waals surface area (Å²) in [4.78, 5) is 21.0. The van der Waals surface area contributed by atoms with Crippen molar-refractivity contribution >= 4 is 22.5 Å². The zero-order valence-electron chi connectivity index (χ0n) is 22.9. The Balaban J connectivity index is 1.35. The number of anilines is 2. The Morgan fingerprint density at radius 1 is 1.12 bits per heavy atom. The van der Waals surface area contributed by atoms with Crippen molar-refractivity contribution in [3.05, 3.63) is 29.2 Å². The van der Waals surface area contributed by atoms with Gasteiger partial charge in [0.05, 0.1) is 28.7 Å². The molecular formula is C28H30F5N7O2. The van der Waals surface area contributed by atoms with Crippen LogP contribution in [0.3, 0.4) is 0 Å². The third-order valence-electron chi connectivity index (χ3n) is 8.96. The maximum atomic E-state index is 16.3. The van der Waals surface area contributed by atoms with Gasteiger partial charge >= 0.3 is 12.2 Å². The summed E-state index contributed by atoms with van der Waals surface area (Å²) >= 11 is 0. The quantitative estimate of drug-likeness (QED) is 0.431. The van der Waals surface area contributed by atoms with Crippen molar-refractivity contribution in [2.45, 2.75) is 69.1 Å². The van der Waals surface area contributed by atoms with Gasteiger partial charge in [-0.3, -0.25) is 9.88 Å². The predicted octanol–water partition coefficient (Wildman–Crippen LogP) is 4.46. The second kappa shape index (κ2) is 9.83. The first-order valence-corrected chi connectivity index (χ1v) is 14.1. The van der Waals surface area contributed by atoms with E-state index >= 15 is 4.39 Å². The summed E-state index contributed by atoms with van der Waals surface area (Å²) in [5, 5.41) is 0.226. The van der Waals surface area contributed by atoms with E-state index in [1.807, 2.05) is 4.90 Å². The molecule has 4 fully saturated rings. The molecule has 2 bridgehead atoms. The Kier molecular flexibility index (Phi) is 6.42. The molecule has 9 nitrogen and oxygen atoms in total. The highest BCUT2D eigenvalue weighted by Crippen LogP contribution is 2.43. The fourth-order valence-electron chi connectivity index (χ4n) is 7.15. The number of fused-ring (bicyclic) bond motifs is 4. The summed E-state index contributed by atoms with van der Waals surface area (Å²) in [7, 11) is 0. The van der Waals surface area contributed by atoms with Gasteiger partial charge in [-0.2, -0.15) is 23.1 Å². The molecule has 42 heavy (non-hydrogen) atoms. The number of hydrogen-bond acceptors (Lipinski definition) is 9. The number of nitrogen functional groups attached to an aromatic ring is 1. The fourth-order valence-corrected chi connectivity index (χ4v) is 7.15. The smallest absolute Gasteiger partial charge is 0.418 e. The van der Waals surface area contributed by atoms with E-state index in [9.17, 15) is 17.6 Å². The Bertz CT molecular complexity index is 1540. The van der Waals surface area contributed by atoms with Crippen molar-refractivity contribution in [2.24, 2.45) is 0 Å². The van der Waals surface area contributed by atoms with E-state index in [2.05, 4.69) is 24.8 Å². The number of rotatable bonds is 5. The van der Waals surface area contributed by atoms with Crippen LogP contribution in [0.2, 0.25) is 0 Å². The highest BCUT2D eigenvalue weighted by Gasteiger charge is 2.49. The molecule has 0 radical (unpaired) electrons. The minimum atomic E-state index is -4.83. The number of hydrogen-bond donors (Lipinski definition) is 1. The van der Waals surface area contributed by atoms with Gasteiger partial charge in [0.15, 0.2) is 5.82 Å². The van der Waals surface area contributed by atoms with Crippen molar-refractivity contribution in [3.8, 4) is 17.4 Å². The second-order valence-electron chi connectivity index (χ2n) is 11.8. The number of morpholine rings is 1. The van der Waals surface area contributed by atoms with Crippen LogP contribution >= 0.6 is 0 Å². The van der Waals surface area contributed by atoms with Crippen molar-refractivity contribution in [1.29, 1.82) is 0 Å². The number of halogens is 5. The van der Waals surface area contributed by atoms with Gasteiger partial charge in [0.25, 0.3) is 0 Å². The second-order valence-corrected chi connectivity index (χ2v) is 11.8. The molecule has 14 heteroatoms. The molecule has 224 valence electrons. The molecule has 4 aliphatic heterocycles. The van der Waals surface area contributed by atoms with E-state index in [0.717, 1.165) is 38.3 Å². The molecule has 2 N–H and O–H groups in total. The molecule has 0 spiro atoms. The predicted molar refractivity (Wildman–Crippen MR) is 143 cm³/mol. The molecule has 2 unspecified atom stereocenters. The fraction of sp³-hybridized carbons (Fsp3) is 0.571. The molecule has 7 rings (SSSR count). The molecule has 0 amide bonds. The van der Waals surface area contributed by atoms with E-state index < -0.39 is 40.7 Å². The van der Waals surface area contributed by atoms with E-state index in [1.54, 1.807) is 0 Å². The number of pyridine rings is 2. The van der Waals surface area contributed by atoms with Crippen LogP contribution in [0.25, 0.3) is 22.3 Å². The first-order valence-electron chi connectivity index (χ1n) is 14.1. The number of alkyl halides is 4. The summed E-state index contributed by atoms with van der Waals surface area (Å²) in [5.74, 6) is -0.932. The molecule has 4 aliphatic rings. The van der Waals surface area contributed by atoms with Crippen LogP contribution < -0.4 is 15.4 Å². The number of aromatic nitrogens is 4. The van der Waals surface area contributed by atoms with Gasteiger partial charge in [-0.1, -0.05) is 0 Å². The Hall–Kier alpha value is -3.39. The van der Waals surface area contributed by atoms with Crippen molar-refractivity contribution < 1.29 is 31.4 Å². The van der Waals surface area contributed by atoms with Gasteiger partial charge in [-0.05, 0) is 50.8 Å². The average molecular weight is 592 g/mol. The molecule has 4 saturated heterocycles. The van der Waals surface area contributed by atoms with E-state index in [0.29, 0.717) is 31.9 Å². The van der Waals surface area contributed by atoms with Crippen LogP contribution in [0.5, 0.6) is 6.01 Å².